The van der Waals surface area contributed by atoms with Crippen LogP contribution in [0.25, 0.3) is 0 Å². The van der Waals surface area contributed by atoms with Crippen molar-refractivity contribution < 1.29 is 9.53 Å². The van der Waals surface area contributed by atoms with Gasteiger partial charge in [-0.05, 0) is 44.9 Å². The molecule has 0 spiro atoms. The molecule has 1 aromatic carbocycles. The fourth-order valence-corrected chi connectivity index (χ4v) is 1.77. The third kappa shape index (κ3) is 2.94. The van der Waals surface area contributed by atoms with E-state index in [1.807, 2.05) is 13.8 Å². The second-order valence-corrected chi connectivity index (χ2v) is 5.33. The lowest BCUT2D eigenvalue weighted by atomic mass is 10.2. The first-order chi connectivity index (χ1) is 8.40. The molecule has 18 heavy (non-hydrogen) atoms. The van der Waals surface area contributed by atoms with Gasteiger partial charge in [-0.15, -0.1) is 0 Å². The predicted octanol–water partition coefficient (Wildman–Crippen LogP) is 2.56. The van der Waals surface area contributed by atoms with E-state index >= 15 is 0 Å². The van der Waals surface area contributed by atoms with E-state index in [9.17, 15) is 4.79 Å². The molecule has 1 aliphatic carbocycles. The smallest absolute Gasteiger partial charge is 0.244 e. The Labute approximate surface area is 111 Å². The largest absolute Gasteiger partial charge is 0.489 e. The molecule has 4 nitrogen and oxygen atoms in total. The molecule has 0 aliphatic heterocycles. The molecular weight excluding hydrogens is 252 g/mol. The lowest BCUT2D eigenvalue weighted by Crippen LogP contribution is -2.37. The lowest BCUT2D eigenvalue weighted by Gasteiger charge is -2.14. The zero-order valence-electron chi connectivity index (χ0n) is 10.5. The van der Waals surface area contributed by atoms with Gasteiger partial charge < -0.3 is 15.8 Å². The number of benzene rings is 1. The number of nitrogens with one attached hydrogen (secondary N) is 1. The Morgan fingerprint density at radius 1 is 1.50 bits per heavy atom. The van der Waals surface area contributed by atoms with Crippen LogP contribution < -0.4 is 15.8 Å². The molecule has 2 rings (SSSR count). The zero-order valence-corrected chi connectivity index (χ0v) is 11.3. The molecular formula is C13H17ClN2O2. The molecule has 98 valence electrons. The quantitative estimate of drug-likeness (QED) is 0.882. The van der Waals surface area contributed by atoms with Gasteiger partial charge >= 0.3 is 0 Å². The highest BCUT2D eigenvalue weighted by Gasteiger charge is 2.45. The summed E-state index contributed by atoms with van der Waals surface area (Å²) in [7, 11) is 0. The van der Waals surface area contributed by atoms with Gasteiger partial charge in [-0.25, -0.2) is 0 Å². The highest BCUT2D eigenvalue weighted by atomic mass is 35.5. The van der Waals surface area contributed by atoms with E-state index in [2.05, 4.69) is 5.32 Å². The summed E-state index contributed by atoms with van der Waals surface area (Å²) in [6, 6.07) is 5.17. The Hall–Kier alpha value is -1.26. The summed E-state index contributed by atoms with van der Waals surface area (Å²) in [5.41, 5.74) is 5.76. The van der Waals surface area contributed by atoms with Crippen molar-refractivity contribution in [3.05, 3.63) is 23.2 Å². The number of hydrogen-bond acceptors (Lipinski definition) is 3. The lowest BCUT2D eigenvalue weighted by molar-refractivity contribution is -0.118. The van der Waals surface area contributed by atoms with E-state index in [0.717, 1.165) is 12.8 Å². The number of halogens is 1. The maximum Gasteiger partial charge on any atom is 0.244 e. The monoisotopic (exact) mass is 268 g/mol. The van der Waals surface area contributed by atoms with E-state index in [0.29, 0.717) is 16.5 Å². The maximum atomic E-state index is 11.8. The molecule has 1 saturated carbocycles. The minimum absolute atomic E-state index is 0.0571. The van der Waals surface area contributed by atoms with Gasteiger partial charge in [0, 0.05) is 5.69 Å². The Kier molecular flexibility index (Phi) is 3.50. The zero-order chi connectivity index (χ0) is 13.3. The fraction of sp³-hybridized carbons (Fsp3) is 0.462. The van der Waals surface area contributed by atoms with Crippen molar-refractivity contribution in [2.75, 3.05) is 5.32 Å². The molecule has 0 saturated heterocycles. The minimum atomic E-state index is -0.681. The fourth-order valence-electron chi connectivity index (χ4n) is 1.55. The van der Waals surface area contributed by atoms with Gasteiger partial charge in [0.05, 0.1) is 16.7 Å². The maximum absolute atomic E-state index is 11.8. The third-order valence-electron chi connectivity index (χ3n) is 2.79. The van der Waals surface area contributed by atoms with Crippen LogP contribution in [-0.2, 0) is 4.79 Å². The van der Waals surface area contributed by atoms with Crippen molar-refractivity contribution in [1.29, 1.82) is 0 Å². The molecule has 0 bridgehead atoms. The minimum Gasteiger partial charge on any atom is -0.489 e. The van der Waals surface area contributed by atoms with Crippen molar-refractivity contribution in [3.63, 3.8) is 0 Å². The Morgan fingerprint density at radius 2 is 2.17 bits per heavy atom. The van der Waals surface area contributed by atoms with Crippen LogP contribution in [0.15, 0.2) is 18.2 Å². The Balaban J connectivity index is 2.06. The van der Waals surface area contributed by atoms with Crippen LogP contribution in [0, 0.1) is 0 Å². The number of carbonyl (C=O) groups excluding carboxylic acids is 1. The van der Waals surface area contributed by atoms with Gasteiger partial charge in [0.25, 0.3) is 0 Å². The second kappa shape index (κ2) is 4.78. The molecule has 1 aliphatic rings. The van der Waals surface area contributed by atoms with Crippen LogP contribution in [0.4, 0.5) is 5.69 Å². The average Bonchev–Trinajstić information content (AvgIpc) is 3.01. The van der Waals surface area contributed by atoms with Crippen molar-refractivity contribution >= 4 is 23.2 Å². The number of ether oxygens (including phenoxy) is 1. The number of amides is 1. The van der Waals surface area contributed by atoms with Crippen LogP contribution in [0.2, 0.25) is 5.02 Å². The van der Waals surface area contributed by atoms with Crippen LogP contribution in [-0.4, -0.2) is 17.6 Å². The first kappa shape index (κ1) is 13.2. The van der Waals surface area contributed by atoms with Gasteiger partial charge in [-0.3, -0.25) is 4.79 Å². The van der Waals surface area contributed by atoms with E-state index in [1.54, 1.807) is 18.2 Å². The first-order valence-corrected chi connectivity index (χ1v) is 6.35. The van der Waals surface area contributed by atoms with E-state index in [-0.39, 0.29) is 12.0 Å². The third-order valence-corrected chi connectivity index (χ3v) is 3.09. The number of anilines is 1. The van der Waals surface area contributed by atoms with Gasteiger partial charge in [0.15, 0.2) is 0 Å². The average molecular weight is 269 g/mol. The number of carbonyl (C=O) groups is 1. The summed E-state index contributed by atoms with van der Waals surface area (Å²) < 4.78 is 5.52. The first-order valence-electron chi connectivity index (χ1n) is 5.97. The number of hydrogen-bond donors (Lipinski definition) is 2. The Morgan fingerprint density at radius 3 is 2.67 bits per heavy atom. The van der Waals surface area contributed by atoms with Gasteiger partial charge in [-0.1, -0.05) is 11.6 Å². The van der Waals surface area contributed by atoms with Gasteiger partial charge in [0.1, 0.15) is 5.75 Å². The molecule has 5 heteroatoms. The van der Waals surface area contributed by atoms with Crippen LogP contribution in [0.1, 0.15) is 26.7 Å². The van der Waals surface area contributed by atoms with E-state index in [4.69, 9.17) is 22.1 Å². The van der Waals surface area contributed by atoms with Crippen LogP contribution in [0.3, 0.4) is 0 Å². The molecule has 0 aromatic heterocycles. The van der Waals surface area contributed by atoms with Crippen molar-refractivity contribution in [3.8, 4) is 5.75 Å². The van der Waals surface area contributed by atoms with Gasteiger partial charge in [-0.2, -0.15) is 0 Å². The highest BCUT2D eigenvalue weighted by Crippen LogP contribution is 2.34. The molecule has 0 radical (unpaired) electrons. The standard InChI is InChI=1S/C13H17ClN2O2/c1-8(2)18-11-4-3-9(7-10(11)14)16-12(17)13(15)5-6-13/h3-4,7-8H,5-6,15H2,1-2H3,(H,16,17). The molecule has 0 unspecified atom stereocenters. The molecule has 1 amide bonds. The van der Waals surface area contributed by atoms with Crippen LogP contribution >= 0.6 is 11.6 Å². The summed E-state index contributed by atoms with van der Waals surface area (Å²) in [5.74, 6) is 0.453. The Bertz CT molecular complexity index is 470. The molecule has 3 N–H and O–H groups in total. The second-order valence-electron chi connectivity index (χ2n) is 4.92. The summed E-state index contributed by atoms with van der Waals surface area (Å²) in [4.78, 5) is 11.8. The normalized spacial score (nSPS) is 16.5. The predicted molar refractivity (Wildman–Crippen MR) is 72.0 cm³/mol. The van der Waals surface area contributed by atoms with Crippen molar-refractivity contribution in [2.45, 2.75) is 38.3 Å². The molecule has 1 aromatic rings. The molecule has 0 atom stereocenters. The number of nitrogens with two attached hydrogens (primary N) is 1. The van der Waals surface area contributed by atoms with E-state index < -0.39 is 5.54 Å². The molecule has 0 heterocycles. The topological polar surface area (TPSA) is 64.3 Å². The highest BCUT2D eigenvalue weighted by molar-refractivity contribution is 6.32. The van der Waals surface area contributed by atoms with Crippen molar-refractivity contribution in [2.24, 2.45) is 5.73 Å². The SMILES string of the molecule is CC(C)Oc1ccc(NC(=O)C2(N)CC2)cc1Cl. The summed E-state index contributed by atoms with van der Waals surface area (Å²) in [6.45, 7) is 3.86. The summed E-state index contributed by atoms with van der Waals surface area (Å²) in [6.07, 6.45) is 1.53. The molecule has 1 fully saturated rings. The van der Waals surface area contributed by atoms with Crippen LogP contribution in [0.5, 0.6) is 5.75 Å². The number of rotatable bonds is 4. The van der Waals surface area contributed by atoms with Gasteiger partial charge in [0.2, 0.25) is 5.91 Å². The summed E-state index contributed by atoms with van der Waals surface area (Å²) in [5, 5.41) is 3.24. The van der Waals surface area contributed by atoms with Crippen molar-refractivity contribution in [1.82, 2.24) is 0 Å². The van der Waals surface area contributed by atoms with E-state index in [1.165, 1.54) is 0 Å². The summed E-state index contributed by atoms with van der Waals surface area (Å²) >= 11 is 6.08.